The lowest BCUT2D eigenvalue weighted by Crippen LogP contribution is -2.03. The fourth-order valence-electron chi connectivity index (χ4n) is 2.12. The highest BCUT2D eigenvalue weighted by atomic mass is 35.5. The zero-order chi connectivity index (χ0) is 20.1. The number of hydrogen-bond donors (Lipinski definition) is 2. The number of thiazole rings is 1. The molecule has 1 aromatic heterocycles. The van der Waals surface area contributed by atoms with Gasteiger partial charge in [0.2, 0.25) is 0 Å². The van der Waals surface area contributed by atoms with Gasteiger partial charge in [-0.1, -0.05) is 29.7 Å². The van der Waals surface area contributed by atoms with Crippen LogP contribution in [0, 0.1) is 17.7 Å². The van der Waals surface area contributed by atoms with Crippen LogP contribution in [-0.4, -0.2) is 23.2 Å². The molecule has 0 aliphatic rings. The lowest BCUT2D eigenvalue weighted by atomic mass is 10.2. The molecule has 0 saturated carbocycles. The lowest BCUT2D eigenvalue weighted by molar-refractivity contribution is 0.0691. The Bertz CT molecular complexity index is 1090. The van der Waals surface area contributed by atoms with E-state index in [0.717, 1.165) is 24.1 Å². The molecular weight excluding hydrogens is 423 g/mol. The van der Waals surface area contributed by atoms with Crippen molar-refractivity contribution in [3.05, 3.63) is 68.8 Å². The first kappa shape index (κ1) is 20.0. The number of aromatic nitrogens is 1. The molecule has 0 spiro atoms. The molecule has 0 amide bonds. The standard InChI is InChI=1S/C19H12ClFN2O3S2/c1-26-16-8-12(19(24)25)14(21)9-15(16)23-28-18-10-27-17(22-18)7-6-11-4-2-3-5-13(11)20/h2-5,8-10,23H,1H3,(H,24,25). The van der Waals surface area contributed by atoms with E-state index in [0.29, 0.717) is 26.3 Å². The first-order chi connectivity index (χ1) is 13.5. The van der Waals surface area contributed by atoms with Crippen LogP contribution in [0.2, 0.25) is 5.02 Å². The third kappa shape index (κ3) is 4.75. The summed E-state index contributed by atoms with van der Waals surface area (Å²) in [5.41, 5.74) is 0.551. The largest absolute Gasteiger partial charge is 0.495 e. The van der Waals surface area contributed by atoms with E-state index in [4.69, 9.17) is 21.4 Å². The van der Waals surface area contributed by atoms with Gasteiger partial charge < -0.3 is 14.6 Å². The van der Waals surface area contributed by atoms with E-state index < -0.39 is 17.3 Å². The van der Waals surface area contributed by atoms with E-state index in [1.807, 2.05) is 18.2 Å². The zero-order valence-electron chi connectivity index (χ0n) is 14.3. The van der Waals surface area contributed by atoms with Crippen LogP contribution in [0.3, 0.4) is 0 Å². The molecule has 1 heterocycles. The number of hydrogen-bond acceptors (Lipinski definition) is 6. The second-order valence-corrected chi connectivity index (χ2v) is 7.35. The highest BCUT2D eigenvalue weighted by Crippen LogP contribution is 2.32. The van der Waals surface area contributed by atoms with E-state index >= 15 is 0 Å². The molecule has 5 nitrogen and oxygen atoms in total. The Kier molecular flexibility index (Phi) is 6.41. The normalized spacial score (nSPS) is 10.1. The Morgan fingerprint density at radius 1 is 1.36 bits per heavy atom. The van der Waals surface area contributed by atoms with Crippen molar-refractivity contribution in [2.45, 2.75) is 5.03 Å². The van der Waals surface area contributed by atoms with Crippen molar-refractivity contribution in [2.75, 3.05) is 11.8 Å². The number of methoxy groups -OCH3 is 1. The summed E-state index contributed by atoms with van der Waals surface area (Å²) in [7, 11) is 1.37. The van der Waals surface area contributed by atoms with Gasteiger partial charge in [0.15, 0.2) is 5.01 Å². The summed E-state index contributed by atoms with van der Waals surface area (Å²) in [6.07, 6.45) is 0. The van der Waals surface area contributed by atoms with E-state index in [-0.39, 0.29) is 5.75 Å². The molecule has 3 rings (SSSR count). The zero-order valence-corrected chi connectivity index (χ0v) is 16.7. The molecule has 0 atom stereocenters. The number of carboxylic acid groups (broad SMARTS) is 1. The molecule has 0 aliphatic heterocycles. The molecule has 0 bridgehead atoms. The quantitative estimate of drug-likeness (QED) is 0.427. The van der Waals surface area contributed by atoms with Gasteiger partial charge in [-0.2, -0.15) is 0 Å². The van der Waals surface area contributed by atoms with Crippen molar-refractivity contribution in [3.63, 3.8) is 0 Å². The minimum absolute atomic E-state index is 0.209. The number of nitrogens with one attached hydrogen (secondary N) is 1. The minimum Gasteiger partial charge on any atom is -0.495 e. The van der Waals surface area contributed by atoms with Crippen molar-refractivity contribution >= 4 is 46.5 Å². The molecule has 9 heteroatoms. The number of carbonyl (C=O) groups is 1. The Hall–Kier alpha value is -2.73. The van der Waals surface area contributed by atoms with Crippen LogP contribution >= 0.6 is 34.9 Å². The monoisotopic (exact) mass is 434 g/mol. The average molecular weight is 435 g/mol. The number of halogens is 2. The molecule has 142 valence electrons. The lowest BCUT2D eigenvalue weighted by Gasteiger charge is -2.11. The topological polar surface area (TPSA) is 71.5 Å². The molecule has 0 aliphatic carbocycles. The van der Waals surface area contributed by atoms with Gasteiger partial charge in [-0.15, -0.1) is 11.3 Å². The Labute approximate surface area is 173 Å². The molecule has 28 heavy (non-hydrogen) atoms. The Morgan fingerprint density at radius 2 is 2.14 bits per heavy atom. The molecule has 2 aromatic carbocycles. The fourth-order valence-corrected chi connectivity index (χ4v) is 3.73. The summed E-state index contributed by atoms with van der Waals surface area (Å²) >= 11 is 8.56. The maximum atomic E-state index is 13.9. The highest BCUT2D eigenvalue weighted by Gasteiger charge is 2.16. The maximum Gasteiger partial charge on any atom is 0.338 e. The third-order valence-electron chi connectivity index (χ3n) is 3.45. The number of aromatic carboxylic acids is 1. The molecule has 0 unspecified atom stereocenters. The van der Waals surface area contributed by atoms with Crippen LogP contribution in [0.15, 0.2) is 46.8 Å². The molecule has 3 aromatic rings. The summed E-state index contributed by atoms with van der Waals surface area (Å²) in [6.45, 7) is 0. The number of anilines is 1. The molecule has 2 N–H and O–H groups in total. The van der Waals surface area contributed by atoms with Crippen molar-refractivity contribution in [1.29, 1.82) is 0 Å². The molecule has 0 radical (unpaired) electrons. The van der Waals surface area contributed by atoms with Gasteiger partial charge in [0.1, 0.15) is 16.6 Å². The predicted octanol–water partition coefficient (Wildman–Crippen LogP) is 5.16. The van der Waals surface area contributed by atoms with Gasteiger partial charge in [0.25, 0.3) is 0 Å². The number of rotatable bonds is 5. The van der Waals surface area contributed by atoms with Crippen LogP contribution in [0.4, 0.5) is 10.1 Å². The molecule has 0 fully saturated rings. The van der Waals surface area contributed by atoms with Gasteiger partial charge in [0, 0.05) is 29.0 Å². The van der Waals surface area contributed by atoms with Gasteiger partial charge in [-0.05, 0) is 24.1 Å². The molecular formula is C19H12ClFN2O3S2. The van der Waals surface area contributed by atoms with Crippen LogP contribution in [-0.2, 0) is 0 Å². The first-order valence-corrected chi connectivity index (χ1v) is 9.81. The van der Waals surface area contributed by atoms with Crippen molar-refractivity contribution in [3.8, 4) is 17.6 Å². The summed E-state index contributed by atoms with van der Waals surface area (Å²) in [4.78, 5) is 15.4. The van der Waals surface area contributed by atoms with Crippen LogP contribution in [0.25, 0.3) is 0 Å². The van der Waals surface area contributed by atoms with Crippen LogP contribution in [0.5, 0.6) is 5.75 Å². The summed E-state index contributed by atoms with van der Waals surface area (Å²) in [5.74, 6) is 3.91. The summed E-state index contributed by atoms with van der Waals surface area (Å²) in [5, 5.41) is 12.6. The van der Waals surface area contributed by atoms with E-state index in [2.05, 4.69) is 21.5 Å². The Morgan fingerprint density at radius 3 is 2.86 bits per heavy atom. The van der Waals surface area contributed by atoms with Crippen LogP contribution in [0.1, 0.15) is 20.9 Å². The van der Waals surface area contributed by atoms with E-state index in [9.17, 15) is 9.18 Å². The van der Waals surface area contributed by atoms with E-state index in [1.165, 1.54) is 18.4 Å². The van der Waals surface area contributed by atoms with Crippen molar-refractivity contribution in [2.24, 2.45) is 0 Å². The van der Waals surface area contributed by atoms with Gasteiger partial charge in [-0.3, -0.25) is 0 Å². The minimum atomic E-state index is -1.36. The fraction of sp³-hybridized carbons (Fsp3) is 0.0526. The van der Waals surface area contributed by atoms with Crippen LogP contribution < -0.4 is 9.46 Å². The molecule has 0 saturated heterocycles. The third-order valence-corrected chi connectivity index (χ3v) is 5.42. The number of carboxylic acids is 1. The summed E-state index contributed by atoms with van der Waals surface area (Å²) < 4.78 is 22.0. The number of ether oxygens (including phenoxy) is 1. The first-order valence-electron chi connectivity index (χ1n) is 7.73. The number of benzene rings is 2. The van der Waals surface area contributed by atoms with Gasteiger partial charge in [-0.25, -0.2) is 14.2 Å². The summed E-state index contributed by atoms with van der Waals surface area (Å²) in [6, 6.07) is 9.47. The highest BCUT2D eigenvalue weighted by molar-refractivity contribution is 8.00. The smallest absolute Gasteiger partial charge is 0.338 e. The van der Waals surface area contributed by atoms with Crippen molar-refractivity contribution in [1.82, 2.24) is 4.98 Å². The second kappa shape index (κ2) is 8.97. The average Bonchev–Trinajstić information content (AvgIpc) is 3.13. The van der Waals surface area contributed by atoms with Crippen molar-refractivity contribution < 1.29 is 19.0 Å². The maximum absolute atomic E-state index is 13.9. The predicted molar refractivity (Wildman–Crippen MR) is 109 cm³/mol. The second-order valence-electron chi connectivity index (χ2n) is 5.26. The van der Waals surface area contributed by atoms with E-state index in [1.54, 1.807) is 11.4 Å². The van der Waals surface area contributed by atoms with Gasteiger partial charge in [0.05, 0.1) is 23.4 Å². The van der Waals surface area contributed by atoms with Gasteiger partial charge >= 0.3 is 5.97 Å². The SMILES string of the molecule is COc1cc(C(=O)O)c(F)cc1NSc1csc(C#Cc2ccccc2Cl)n1. The number of nitrogens with zero attached hydrogens (tertiary/aromatic N) is 1. The Balaban J connectivity index is 1.72.